The Balaban J connectivity index is 0.00000176. The number of aromatic nitrogens is 1. The van der Waals surface area contributed by atoms with Gasteiger partial charge in [-0.25, -0.2) is 8.42 Å². The summed E-state index contributed by atoms with van der Waals surface area (Å²) in [4.78, 5) is 4.49. The number of benzene rings is 1. The number of hydrogen-bond donors (Lipinski definition) is 1. The molecule has 0 radical (unpaired) electrons. The first-order valence-electron chi connectivity index (χ1n) is 6.78. The van der Waals surface area contributed by atoms with Crippen molar-refractivity contribution >= 4 is 33.3 Å². The lowest BCUT2D eigenvalue weighted by Crippen LogP contribution is -2.48. The van der Waals surface area contributed by atoms with Crippen LogP contribution in [0.15, 0.2) is 41.4 Å². The molecule has 8 heteroatoms. The molecule has 1 fully saturated rings. The molecule has 1 aromatic carbocycles. The minimum atomic E-state index is -3.57. The van der Waals surface area contributed by atoms with Gasteiger partial charge in [-0.15, -0.1) is 12.4 Å². The van der Waals surface area contributed by atoms with Gasteiger partial charge in [-0.3, -0.25) is 4.98 Å². The third kappa shape index (κ3) is 3.09. The molecule has 0 spiro atoms. The van der Waals surface area contributed by atoms with Crippen LogP contribution in [0.5, 0.6) is 0 Å². The predicted octanol–water partition coefficient (Wildman–Crippen LogP) is 1.00. The Hall–Kier alpha value is -1.25. The van der Waals surface area contributed by atoms with Crippen LogP contribution in [0.1, 0.15) is 0 Å². The summed E-state index contributed by atoms with van der Waals surface area (Å²) in [6, 6.07) is 8.64. The molecule has 1 saturated heterocycles. The van der Waals surface area contributed by atoms with E-state index in [0.29, 0.717) is 30.6 Å². The molecule has 0 amide bonds. The molecule has 1 atom stereocenters. The van der Waals surface area contributed by atoms with Gasteiger partial charge in [-0.05, 0) is 24.3 Å². The number of nitrogens with two attached hydrogens (primary N) is 1. The zero-order chi connectivity index (χ0) is 14.9. The summed E-state index contributed by atoms with van der Waals surface area (Å²) in [6.07, 6.45) is 1.40. The van der Waals surface area contributed by atoms with Crippen LogP contribution in [-0.4, -0.2) is 50.1 Å². The van der Waals surface area contributed by atoms with Gasteiger partial charge in [0, 0.05) is 31.2 Å². The smallest absolute Gasteiger partial charge is 0.243 e. The largest absolute Gasteiger partial charge is 0.374 e. The molecule has 0 aliphatic carbocycles. The highest BCUT2D eigenvalue weighted by atomic mass is 35.5. The normalized spacial score (nSPS) is 19.8. The van der Waals surface area contributed by atoms with E-state index in [1.807, 2.05) is 0 Å². The Bertz CT molecular complexity index is 749. The van der Waals surface area contributed by atoms with Crippen molar-refractivity contribution in [3.05, 3.63) is 36.5 Å². The maximum absolute atomic E-state index is 12.9. The Labute approximate surface area is 135 Å². The quantitative estimate of drug-likeness (QED) is 0.898. The summed E-state index contributed by atoms with van der Waals surface area (Å²) in [6.45, 7) is 1.30. The van der Waals surface area contributed by atoms with Gasteiger partial charge in [0.25, 0.3) is 0 Å². The molecular weight excluding hydrogens is 326 g/mol. The van der Waals surface area contributed by atoms with Crippen LogP contribution < -0.4 is 5.73 Å². The standard InChI is InChI=1S/C14H17N3O3S.ClH/c15-9-11-10-17(7-8-20-11)21(18,19)14-5-1-4-13-12(14)3-2-6-16-13;/h1-6,11H,7-10,15H2;1H. The number of hydrogen-bond acceptors (Lipinski definition) is 5. The summed E-state index contributed by atoms with van der Waals surface area (Å²) < 4.78 is 32.6. The Morgan fingerprint density at radius 1 is 1.32 bits per heavy atom. The average Bonchev–Trinajstić information content (AvgIpc) is 2.54. The number of fused-ring (bicyclic) bond motifs is 1. The van der Waals surface area contributed by atoms with Gasteiger partial charge in [0.1, 0.15) is 0 Å². The van der Waals surface area contributed by atoms with Crippen LogP contribution in [0.3, 0.4) is 0 Å². The molecule has 1 aliphatic rings. The first-order chi connectivity index (χ1) is 10.1. The number of halogens is 1. The fourth-order valence-electron chi connectivity index (χ4n) is 2.49. The van der Waals surface area contributed by atoms with E-state index < -0.39 is 10.0 Å². The molecule has 0 bridgehead atoms. The lowest BCUT2D eigenvalue weighted by Gasteiger charge is -2.31. The van der Waals surface area contributed by atoms with Crippen LogP contribution in [-0.2, 0) is 14.8 Å². The van der Waals surface area contributed by atoms with Crippen molar-refractivity contribution in [3.63, 3.8) is 0 Å². The summed E-state index contributed by atoms with van der Waals surface area (Å²) in [5.41, 5.74) is 6.25. The molecule has 22 heavy (non-hydrogen) atoms. The van der Waals surface area contributed by atoms with Crippen LogP contribution in [0, 0.1) is 0 Å². The topological polar surface area (TPSA) is 85.5 Å². The van der Waals surface area contributed by atoms with Crippen molar-refractivity contribution in [2.24, 2.45) is 5.73 Å². The van der Waals surface area contributed by atoms with Crippen LogP contribution in [0.4, 0.5) is 0 Å². The van der Waals surface area contributed by atoms with Gasteiger partial charge < -0.3 is 10.5 Å². The zero-order valence-electron chi connectivity index (χ0n) is 11.9. The van der Waals surface area contributed by atoms with Gasteiger partial charge in [0.15, 0.2) is 0 Å². The van der Waals surface area contributed by atoms with Crippen molar-refractivity contribution in [1.82, 2.24) is 9.29 Å². The lowest BCUT2D eigenvalue weighted by molar-refractivity contribution is 0.00453. The van der Waals surface area contributed by atoms with E-state index in [1.54, 1.807) is 36.5 Å². The summed E-state index contributed by atoms with van der Waals surface area (Å²) >= 11 is 0. The SMILES string of the molecule is Cl.NCC1CN(S(=O)(=O)c2cccc3ncccc23)CCO1. The maximum atomic E-state index is 12.9. The molecule has 0 saturated carbocycles. The lowest BCUT2D eigenvalue weighted by atomic mass is 10.2. The Morgan fingerprint density at radius 2 is 2.14 bits per heavy atom. The highest BCUT2D eigenvalue weighted by Gasteiger charge is 2.31. The molecule has 1 aliphatic heterocycles. The second-order valence-corrected chi connectivity index (χ2v) is 6.82. The van der Waals surface area contributed by atoms with Crippen molar-refractivity contribution in [1.29, 1.82) is 0 Å². The fourth-order valence-corrected chi connectivity index (χ4v) is 4.15. The first-order valence-corrected chi connectivity index (χ1v) is 8.22. The highest BCUT2D eigenvalue weighted by Crippen LogP contribution is 2.25. The van der Waals surface area contributed by atoms with E-state index in [1.165, 1.54) is 4.31 Å². The minimum Gasteiger partial charge on any atom is -0.374 e. The first kappa shape index (κ1) is 17.1. The van der Waals surface area contributed by atoms with Crippen molar-refractivity contribution in [2.75, 3.05) is 26.2 Å². The molecule has 2 N–H and O–H groups in total. The van der Waals surface area contributed by atoms with Crippen LogP contribution in [0.2, 0.25) is 0 Å². The number of ether oxygens (including phenoxy) is 1. The van der Waals surface area contributed by atoms with Crippen molar-refractivity contribution < 1.29 is 13.2 Å². The zero-order valence-corrected chi connectivity index (χ0v) is 13.5. The second kappa shape index (κ2) is 6.89. The highest BCUT2D eigenvalue weighted by molar-refractivity contribution is 7.89. The number of pyridine rings is 1. The molecular formula is C14H18ClN3O3S. The monoisotopic (exact) mass is 343 g/mol. The van der Waals surface area contributed by atoms with Gasteiger partial charge >= 0.3 is 0 Å². The maximum Gasteiger partial charge on any atom is 0.243 e. The van der Waals surface area contributed by atoms with Crippen molar-refractivity contribution in [2.45, 2.75) is 11.0 Å². The fraction of sp³-hybridized carbons (Fsp3) is 0.357. The predicted molar refractivity (Wildman–Crippen MR) is 86.5 cm³/mol. The van der Waals surface area contributed by atoms with E-state index in [-0.39, 0.29) is 30.0 Å². The molecule has 3 rings (SSSR count). The van der Waals surface area contributed by atoms with E-state index in [2.05, 4.69) is 4.98 Å². The third-order valence-corrected chi connectivity index (χ3v) is 5.51. The Kier molecular flexibility index (Phi) is 5.36. The molecule has 1 aromatic heterocycles. The molecule has 2 aromatic rings. The van der Waals surface area contributed by atoms with E-state index in [9.17, 15) is 8.42 Å². The number of morpholine rings is 1. The molecule has 120 valence electrons. The van der Waals surface area contributed by atoms with E-state index >= 15 is 0 Å². The number of rotatable bonds is 3. The van der Waals surface area contributed by atoms with Gasteiger partial charge in [0.2, 0.25) is 10.0 Å². The molecule has 1 unspecified atom stereocenters. The summed E-state index contributed by atoms with van der Waals surface area (Å²) in [5, 5.41) is 0.635. The van der Waals surface area contributed by atoms with Crippen molar-refractivity contribution in [3.8, 4) is 0 Å². The van der Waals surface area contributed by atoms with Gasteiger partial charge in [-0.2, -0.15) is 4.31 Å². The number of nitrogens with zero attached hydrogens (tertiary/aromatic N) is 2. The van der Waals surface area contributed by atoms with Crippen LogP contribution in [0.25, 0.3) is 10.9 Å². The van der Waals surface area contributed by atoms with Gasteiger partial charge in [-0.1, -0.05) is 6.07 Å². The third-order valence-electron chi connectivity index (χ3n) is 3.59. The van der Waals surface area contributed by atoms with E-state index in [0.717, 1.165) is 0 Å². The summed E-state index contributed by atoms with van der Waals surface area (Å²) in [5.74, 6) is 0. The number of sulfonamides is 1. The minimum absolute atomic E-state index is 0. The Morgan fingerprint density at radius 3 is 2.91 bits per heavy atom. The summed E-state index contributed by atoms with van der Waals surface area (Å²) in [7, 11) is -3.57. The molecule has 2 heterocycles. The van der Waals surface area contributed by atoms with Crippen LogP contribution >= 0.6 is 12.4 Å². The van der Waals surface area contributed by atoms with E-state index in [4.69, 9.17) is 10.5 Å². The second-order valence-electron chi connectivity index (χ2n) is 4.92. The average molecular weight is 344 g/mol. The van der Waals surface area contributed by atoms with Gasteiger partial charge in [0.05, 0.1) is 23.1 Å². The molecule has 6 nitrogen and oxygen atoms in total.